The van der Waals surface area contributed by atoms with Crippen LogP contribution in [0.3, 0.4) is 0 Å². The molecule has 2 fully saturated rings. The Balaban J connectivity index is 1.66. The van der Waals surface area contributed by atoms with Crippen molar-refractivity contribution in [3.63, 3.8) is 0 Å². The van der Waals surface area contributed by atoms with Crippen LogP contribution in [-0.2, 0) is 4.79 Å². The second-order valence-corrected chi connectivity index (χ2v) is 8.90. The molecular weight excluding hydrogens is 332 g/mol. The molecule has 3 unspecified atom stereocenters. The molecule has 0 radical (unpaired) electrons. The highest BCUT2D eigenvalue weighted by Gasteiger charge is 2.34. The lowest BCUT2D eigenvalue weighted by Gasteiger charge is -2.29. The Kier molecular flexibility index (Phi) is 7.09. The largest absolute Gasteiger partial charge is 0.300 e. The van der Waals surface area contributed by atoms with Gasteiger partial charge in [-0.05, 0) is 43.1 Å². The number of amidine groups is 1. The first-order chi connectivity index (χ1) is 13.1. The summed E-state index contributed by atoms with van der Waals surface area (Å²) >= 11 is 0. The summed E-state index contributed by atoms with van der Waals surface area (Å²) in [7, 11) is 0. The summed E-state index contributed by atoms with van der Waals surface area (Å²) in [5.74, 6) is 2.10. The molecule has 1 saturated heterocycles. The number of amides is 1. The van der Waals surface area contributed by atoms with Crippen molar-refractivity contribution < 1.29 is 4.79 Å². The van der Waals surface area contributed by atoms with Crippen LogP contribution in [0.2, 0.25) is 0 Å². The predicted molar refractivity (Wildman–Crippen MR) is 112 cm³/mol. The van der Waals surface area contributed by atoms with Gasteiger partial charge in [-0.25, -0.2) is 0 Å². The number of hydrogen-bond donors (Lipinski definition) is 1. The van der Waals surface area contributed by atoms with Crippen molar-refractivity contribution in [1.29, 1.82) is 5.41 Å². The molecule has 27 heavy (non-hydrogen) atoms. The second-order valence-electron chi connectivity index (χ2n) is 8.90. The molecule has 1 saturated carbocycles. The molecule has 1 amide bonds. The molecule has 3 nitrogen and oxygen atoms in total. The number of likely N-dealkylation sites (tertiary alicyclic amines) is 1. The number of hydrogen-bond acceptors (Lipinski definition) is 2. The normalized spacial score (nSPS) is 26.1. The maximum Gasteiger partial charge on any atom is 0.231 e. The summed E-state index contributed by atoms with van der Waals surface area (Å²) in [6.07, 6.45) is 10.9. The zero-order valence-corrected chi connectivity index (χ0v) is 17.1. The van der Waals surface area contributed by atoms with Crippen LogP contribution in [0.5, 0.6) is 0 Å². The van der Waals surface area contributed by atoms with Crippen LogP contribution in [0.4, 0.5) is 0 Å². The standard InChI is InChI=1S/C24H36N2O/c1-18-13-15-22(16-14-20-9-5-3-6-10-20)24(27)26(23(18)25)17-19(2)21-11-7-4-8-12-21/h4,7-8,11-12,18-20,22,25H,3,5-6,9-10,13-17H2,1-2H3. The third-order valence-electron chi connectivity index (χ3n) is 6.79. The topological polar surface area (TPSA) is 44.2 Å². The smallest absolute Gasteiger partial charge is 0.231 e. The van der Waals surface area contributed by atoms with E-state index < -0.39 is 0 Å². The zero-order valence-electron chi connectivity index (χ0n) is 17.1. The van der Waals surface area contributed by atoms with E-state index in [1.54, 1.807) is 0 Å². The molecule has 0 aromatic heterocycles. The van der Waals surface area contributed by atoms with Gasteiger partial charge in [0, 0.05) is 18.4 Å². The fraction of sp³-hybridized carbons (Fsp3) is 0.667. The monoisotopic (exact) mass is 368 g/mol. The van der Waals surface area contributed by atoms with Crippen molar-refractivity contribution >= 4 is 11.7 Å². The Bertz CT molecular complexity index is 621. The Hall–Kier alpha value is -1.64. The van der Waals surface area contributed by atoms with Gasteiger partial charge in [-0.15, -0.1) is 0 Å². The summed E-state index contributed by atoms with van der Waals surface area (Å²) in [5.41, 5.74) is 1.24. The lowest BCUT2D eigenvalue weighted by molar-refractivity contribution is -0.132. The highest BCUT2D eigenvalue weighted by molar-refractivity contribution is 5.99. The fourth-order valence-corrected chi connectivity index (χ4v) is 4.85. The highest BCUT2D eigenvalue weighted by Crippen LogP contribution is 2.33. The van der Waals surface area contributed by atoms with E-state index >= 15 is 0 Å². The van der Waals surface area contributed by atoms with E-state index in [1.807, 2.05) is 11.0 Å². The van der Waals surface area contributed by atoms with Crippen molar-refractivity contribution in [1.82, 2.24) is 4.90 Å². The van der Waals surface area contributed by atoms with Crippen LogP contribution in [0.25, 0.3) is 0 Å². The van der Waals surface area contributed by atoms with Gasteiger partial charge < -0.3 is 0 Å². The number of nitrogens with one attached hydrogen (secondary N) is 1. The Morgan fingerprint density at radius 2 is 1.74 bits per heavy atom. The summed E-state index contributed by atoms with van der Waals surface area (Å²) in [6.45, 7) is 4.91. The van der Waals surface area contributed by atoms with Gasteiger partial charge in [-0.3, -0.25) is 15.1 Å². The Morgan fingerprint density at radius 3 is 2.44 bits per heavy atom. The van der Waals surface area contributed by atoms with Crippen LogP contribution >= 0.6 is 0 Å². The first-order valence-electron chi connectivity index (χ1n) is 11.0. The van der Waals surface area contributed by atoms with Crippen molar-refractivity contribution in [2.24, 2.45) is 17.8 Å². The van der Waals surface area contributed by atoms with Gasteiger partial charge in [-0.2, -0.15) is 0 Å². The summed E-state index contributed by atoms with van der Waals surface area (Å²) < 4.78 is 0. The van der Waals surface area contributed by atoms with Crippen LogP contribution in [0.1, 0.15) is 83.1 Å². The quantitative estimate of drug-likeness (QED) is 0.657. The molecule has 1 heterocycles. The van der Waals surface area contributed by atoms with Crippen LogP contribution in [-0.4, -0.2) is 23.2 Å². The number of nitrogens with zero attached hydrogens (tertiary/aromatic N) is 1. The van der Waals surface area contributed by atoms with Crippen LogP contribution in [0.15, 0.2) is 30.3 Å². The first kappa shape index (κ1) is 20.1. The first-order valence-corrected chi connectivity index (χ1v) is 11.0. The molecule has 148 valence electrons. The van der Waals surface area contributed by atoms with E-state index in [-0.39, 0.29) is 23.7 Å². The van der Waals surface area contributed by atoms with E-state index in [1.165, 1.54) is 44.1 Å². The van der Waals surface area contributed by atoms with E-state index in [2.05, 4.69) is 38.1 Å². The van der Waals surface area contributed by atoms with Gasteiger partial charge >= 0.3 is 0 Å². The van der Waals surface area contributed by atoms with Gasteiger partial charge in [0.25, 0.3) is 0 Å². The minimum atomic E-state index is 0.111. The maximum absolute atomic E-state index is 13.3. The summed E-state index contributed by atoms with van der Waals surface area (Å²) in [4.78, 5) is 15.1. The molecule has 0 bridgehead atoms. The summed E-state index contributed by atoms with van der Waals surface area (Å²) in [6, 6.07) is 10.4. The third kappa shape index (κ3) is 5.21. The molecule has 1 aliphatic carbocycles. The molecule has 1 aromatic rings. The fourth-order valence-electron chi connectivity index (χ4n) is 4.85. The molecule has 1 N–H and O–H groups in total. The average Bonchev–Trinajstić information content (AvgIpc) is 2.80. The van der Waals surface area contributed by atoms with Gasteiger partial charge in [-0.1, -0.05) is 76.3 Å². The van der Waals surface area contributed by atoms with E-state index in [9.17, 15) is 4.79 Å². The Morgan fingerprint density at radius 1 is 1.04 bits per heavy atom. The number of rotatable bonds is 6. The lowest BCUT2D eigenvalue weighted by atomic mass is 9.83. The molecule has 2 aliphatic rings. The van der Waals surface area contributed by atoms with Crippen molar-refractivity contribution in [3.05, 3.63) is 35.9 Å². The van der Waals surface area contributed by atoms with E-state index in [0.29, 0.717) is 12.4 Å². The minimum Gasteiger partial charge on any atom is -0.300 e. The minimum absolute atomic E-state index is 0.111. The van der Waals surface area contributed by atoms with Crippen LogP contribution < -0.4 is 0 Å². The molecule has 1 aromatic carbocycles. The number of carbonyl (C=O) groups excluding carboxylic acids is 1. The maximum atomic E-state index is 13.3. The van der Waals surface area contributed by atoms with Crippen molar-refractivity contribution in [3.8, 4) is 0 Å². The van der Waals surface area contributed by atoms with E-state index in [0.717, 1.165) is 25.2 Å². The van der Waals surface area contributed by atoms with E-state index in [4.69, 9.17) is 5.41 Å². The van der Waals surface area contributed by atoms with Crippen molar-refractivity contribution in [2.45, 2.75) is 77.6 Å². The molecular formula is C24H36N2O. The summed E-state index contributed by atoms with van der Waals surface area (Å²) in [5, 5.41) is 8.60. The molecule has 1 aliphatic heterocycles. The van der Waals surface area contributed by atoms with Crippen molar-refractivity contribution in [2.75, 3.05) is 6.54 Å². The third-order valence-corrected chi connectivity index (χ3v) is 6.79. The molecule has 3 heteroatoms. The second kappa shape index (κ2) is 9.52. The van der Waals surface area contributed by atoms with Gasteiger partial charge in [0.15, 0.2) is 0 Å². The van der Waals surface area contributed by atoms with Gasteiger partial charge in [0.2, 0.25) is 5.91 Å². The van der Waals surface area contributed by atoms with Gasteiger partial charge in [0.05, 0.1) is 0 Å². The number of carbonyl (C=O) groups is 1. The van der Waals surface area contributed by atoms with Gasteiger partial charge in [0.1, 0.15) is 5.84 Å². The molecule has 3 atom stereocenters. The Labute approximate surface area is 165 Å². The number of benzene rings is 1. The van der Waals surface area contributed by atoms with Crippen LogP contribution in [0, 0.1) is 23.2 Å². The lowest BCUT2D eigenvalue weighted by Crippen LogP contribution is -2.42. The predicted octanol–water partition coefficient (Wildman–Crippen LogP) is 6.00. The molecule has 0 spiro atoms. The SMILES string of the molecule is CC1CCC(CCC2CCCCC2)C(=O)N(CC(C)c2ccccc2)C1=N. The zero-order chi connectivity index (χ0) is 19.2. The highest BCUT2D eigenvalue weighted by atomic mass is 16.2. The molecule has 3 rings (SSSR count). The average molecular weight is 369 g/mol.